The van der Waals surface area contributed by atoms with E-state index in [0.29, 0.717) is 6.61 Å². The molecule has 1 aromatic heterocycles. The van der Waals surface area contributed by atoms with Gasteiger partial charge in [0.15, 0.2) is 5.82 Å². The van der Waals surface area contributed by atoms with E-state index in [4.69, 9.17) is 9.72 Å². The lowest BCUT2D eigenvalue weighted by molar-refractivity contribution is 0.326. The van der Waals surface area contributed by atoms with Gasteiger partial charge >= 0.3 is 0 Å². The number of fused-ring (bicyclic) bond motifs is 3. The second kappa shape index (κ2) is 5.51. The van der Waals surface area contributed by atoms with Crippen molar-refractivity contribution < 1.29 is 4.74 Å². The van der Waals surface area contributed by atoms with E-state index in [0.717, 1.165) is 40.4 Å². The molecule has 3 heteroatoms. The Morgan fingerprint density at radius 1 is 1.00 bits per heavy atom. The number of hydrogen-bond donors (Lipinski definition) is 0. The van der Waals surface area contributed by atoms with Gasteiger partial charge < -0.3 is 4.74 Å². The molecular weight excluding hydrogens is 284 g/mol. The second-order valence-electron chi connectivity index (χ2n) is 5.96. The van der Waals surface area contributed by atoms with Crippen molar-refractivity contribution in [2.24, 2.45) is 0 Å². The molecule has 0 radical (unpaired) electrons. The minimum Gasteiger partial charge on any atom is -0.493 e. The Bertz CT molecular complexity index is 872. The maximum atomic E-state index is 5.94. The predicted octanol–water partition coefficient (Wildman–Crippen LogP) is 4.36. The largest absolute Gasteiger partial charge is 0.493 e. The molecular formula is C20H18N2O. The number of nitrogens with zero attached hydrogens (tertiary/aromatic N) is 2. The third kappa shape index (κ3) is 2.48. The fourth-order valence-electron chi connectivity index (χ4n) is 2.91. The summed E-state index contributed by atoms with van der Waals surface area (Å²) in [5.41, 5.74) is 6.73. The topological polar surface area (TPSA) is 35.0 Å². The summed E-state index contributed by atoms with van der Waals surface area (Å²) in [5, 5.41) is 0. The van der Waals surface area contributed by atoms with Crippen molar-refractivity contribution in [3.05, 3.63) is 65.4 Å². The Balaban J connectivity index is 1.92. The molecule has 0 aliphatic carbocycles. The van der Waals surface area contributed by atoms with Gasteiger partial charge in [0.2, 0.25) is 0 Å². The summed E-state index contributed by atoms with van der Waals surface area (Å²) in [6, 6.07) is 14.4. The van der Waals surface area contributed by atoms with Gasteiger partial charge in [0.05, 0.1) is 12.3 Å². The van der Waals surface area contributed by atoms with Crippen LogP contribution in [0.4, 0.5) is 0 Å². The number of aromatic nitrogens is 2. The van der Waals surface area contributed by atoms with Gasteiger partial charge in [-0.1, -0.05) is 30.3 Å². The monoisotopic (exact) mass is 302 g/mol. The van der Waals surface area contributed by atoms with Crippen molar-refractivity contribution >= 4 is 0 Å². The maximum Gasteiger partial charge on any atom is 0.159 e. The second-order valence-corrected chi connectivity index (χ2v) is 5.96. The zero-order chi connectivity index (χ0) is 15.8. The molecule has 114 valence electrons. The van der Waals surface area contributed by atoms with E-state index in [9.17, 15) is 0 Å². The van der Waals surface area contributed by atoms with E-state index < -0.39 is 0 Å². The lowest BCUT2D eigenvalue weighted by Gasteiger charge is -2.12. The fourth-order valence-corrected chi connectivity index (χ4v) is 2.91. The van der Waals surface area contributed by atoms with Crippen LogP contribution in [0.15, 0.2) is 48.7 Å². The van der Waals surface area contributed by atoms with Crippen LogP contribution in [0.1, 0.15) is 16.7 Å². The minimum atomic E-state index is 0.663. The quantitative estimate of drug-likeness (QED) is 0.670. The first-order valence-electron chi connectivity index (χ1n) is 7.88. The van der Waals surface area contributed by atoms with Gasteiger partial charge in [-0.25, -0.2) is 9.97 Å². The van der Waals surface area contributed by atoms with Crippen LogP contribution in [0.5, 0.6) is 5.75 Å². The molecule has 2 heterocycles. The van der Waals surface area contributed by atoms with Crippen LogP contribution in [0, 0.1) is 13.8 Å². The Morgan fingerprint density at radius 3 is 2.61 bits per heavy atom. The molecule has 0 saturated carbocycles. The molecule has 1 aliphatic heterocycles. The van der Waals surface area contributed by atoms with Gasteiger partial charge in [0.25, 0.3) is 0 Å². The summed E-state index contributed by atoms with van der Waals surface area (Å²) in [5.74, 6) is 1.68. The standard InChI is InChI=1S/C20H18N2O/c1-13-10-17-18(11-14(13)2)23-9-8-16-12-21-20(22-19(16)17)15-6-4-3-5-7-15/h3-7,10-12H,8-9H2,1-2H3. The summed E-state index contributed by atoms with van der Waals surface area (Å²) in [6.07, 6.45) is 2.77. The van der Waals surface area contributed by atoms with Gasteiger partial charge in [-0.05, 0) is 37.1 Å². The van der Waals surface area contributed by atoms with Crippen LogP contribution in [0.2, 0.25) is 0 Å². The third-order valence-corrected chi connectivity index (χ3v) is 4.38. The summed E-state index contributed by atoms with van der Waals surface area (Å²) in [7, 11) is 0. The van der Waals surface area contributed by atoms with Crippen LogP contribution in [0.25, 0.3) is 22.6 Å². The highest BCUT2D eigenvalue weighted by molar-refractivity contribution is 5.74. The minimum absolute atomic E-state index is 0.663. The van der Waals surface area contributed by atoms with Gasteiger partial charge in [-0.15, -0.1) is 0 Å². The predicted molar refractivity (Wildman–Crippen MR) is 91.6 cm³/mol. The first-order valence-corrected chi connectivity index (χ1v) is 7.88. The lowest BCUT2D eigenvalue weighted by atomic mass is 10.00. The smallest absolute Gasteiger partial charge is 0.159 e. The van der Waals surface area contributed by atoms with Gasteiger partial charge in [-0.2, -0.15) is 0 Å². The highest BCUT2D eigenvalue weighted by atomic mass is 16.5. The summed E-state index contributed by atoms with van der Waals surface area (Å²) < 4.78 is 5.94. The first kappa shape index (κ1) is 13.9. The number of ether oxygens (including phenoxy) is 1. The zero-order valence-corrected chi connectivity index (χ0v) is 13.3. The number of rotatable bonds is 1. The molecule has 3 aromatic rings. The van der Waals surface area contributed by atoms with Crippen LogP contribution >= 0.6 is 0 Å². The molecule has 0 fully saturated rings. The van der Waals surface area contributed by atoms with Crippen molar-refractivity contribution in [1.29, 1.82) is 0 Å². The Hall–Kier alpha value is -2.68. The van der Waals surface area contributed by atoms with Crippen molar-refractivity contribution in [2.75, 3.05) is 6.61 Å². The molecule has 0 atom stereocenters. The highest BCUT2D eigenvalue weighted by Crippen LogP contribution is 2.36. The number of hydrogen-bond acceptors (Lipinski definition) is 3. The molecule has 4 rings (SSSR count). The summed E-state index contributed by atoms with van der Waals surface area (Å²) in [4.78, 5) is 9.41. The van der Waals surface area contributed by atoms with Gasteiger partial charge in [0.1, 0.15) is 5.75 Å². The number of benzene rings is 2. The molecule has 2 aromatic carbocycles. The highest BCUT2D eigenvalue weighted by Gasteiger charge is 2.19. The molecule has 1 aliphatic rings. The summed E-state index contributed by atoms with van der Waals surface area (Å²) >= 11 is 0. The normalized spacial score (nSPS) is 12.8. The molecule has 0 saturated heterocycles. The van der Waals surface area contributed by atoms with Gasteiger partial charge in [0, 0.05) is 29.3 Å². The van der Waals surface area contributed by atoms with E-state index in [1.165, 1.54) is 11.1 Å². The fraction of sp³-hybridized carbons (Fsp3) is 0.200. The zero-order valence-electron chi connectivity index (χ0n) is 13.3. The average Bonchev–Trinajstić information content (AvgIpc) is 2.75. The lowest BCUT2D eigenvalue weighted by Crippen LogP contribution is -2.00. The average molecular weight is 302 g/mol. The Morgan fingerprint density at radius 2 is 1.78 bits per heavy atom. The van der Waals surface area contributed by atoms with Crippen molar-refractivity contribution in [3.63, 3.8) is 0 Å². The molecule has 0 bridgehead atoms. The molecule has 0 amide bonds. The van der Waals surface area contributed by atoms with E-state index in [1.54, 1.807) is 0 Å². The van der Waals surface area contributed by atoms with Crippen LogP contribution in [-0.4, -0.2) is 16.6 Å². The molecule has 0 spiro atoms. The summed E-state index contributed by atoms with van der Waals surface area (Å²) in [6.45, 7) is 4.90. The molecule has 0 unspecified atom stereocenters. The van der Waals surface area contributed by atoms with E-state index in [1.807, 2.05) is 36.5 Å². The van der Waals surface area contributed by atoms with E-state index in [2.05, 4.69) is 31.0 Å². The molecule has 3 nitrogen and oxygen atoms in total. The number of aryl methyl sites for hydroxylation is 2. The van der Waals surface area contributed by atoms with Crippen LogP contribution < -0.4 is 4.74 Å². The van der Waals surface area contributed by atoms with E-state index in [-0.39, 0.29) is 0 Å². The Labute approximate surface area is 136 Å². The molecule has 23 heavy (non-hydrogen) atoms. The Kier molecular flexibility index (Phi) is 3.34. The maximum absolute atomic E-state index is 5.94. The van der Waals surface area contributed by atoms with Crippen LogP contribution in [-0.2, 0) is 6.42 Å². The molecule has 0 N–H and O–H groups in total. The van der Waals surface area contributed by atoms with Gasteiger partial charge in [-0.3, -0.25) is 0 Å². The van der Waals surface area contributed by atoms with Crippen molar-refractivity contribution in [3.8, 4) is 28.4 Å². The van der Waals surface area contributed by atoms with Crippen molar-refractivity contribution in [1.82, 2.24) is 9.97 Å². The SMILES string of the molecule is Cc1cc2c(cc1C)-c1nc(-c3ccccc3)ncc1CCO2. The van der Waals surface area contributed by atoms with Crippen molar-refractivity contribution in [2.45, 2.75) is 20.3 Å². The third-order valence-electron chi connectivity index (χ3n) is 4.38. The first-order chi connectivity index (χ1) is 11.2. The van der Waals surface area contributed by atoms with E-state index >= 15 is 0 Å². The van der Waals surface area contributed by atoms with Crippen LogP contribution in [0.3, 0.4) is 0 Å².